The topological polar surface area (TPSA) is 55.4 Å². The van der Waals surface area contributed by atoms with Crippen molar-refractivity contribution in [1.82, 2.24) is 5.32 Å². The van der Waals surface area contributed by atoms with Crippen LogP contribution in [0, 0.1) is 5.82 Å². The Morgan fingerprint density at radius 2 is 2.19 bits per heavy atom. The highest BCUT2D eigenvalue weighted by Gasteiger charge is 2.32. The summed E-state index contributed by atoms with van der Waals surface area (Å²) in [5.74, 6) is -1.16. The van der Waals surface area contributed by atoms with Crippen molar-refractivity contribution < 1.29 is 18.7 Å². The molecule has 1 aromatic carbocycles. The molecule has 1 aromatic rings. The predicted molar refractivity (Wildman–Crippen MR) is 53.5 cm³/mol. The molecule has 0 radical (unpaired) electrons. The Kier molecular flexibility index (Phi) is 2.78. The van der Waals surface area contributed by atoms with E-state index in [0.29, 0.717) is 5.56 Å². The summed E-state index contributed by atoms with van der Waals surface area (Å²) in [5.41, 5.74) is 0.649. The van der Waals surface area contributed by atoms with Crippen LogP contribution in [0.5, 0.6) is 0 Å². The Morgan fingerprint density at radius 3 is 2.75 bits per heavy atom. The number of carbonyl (C=O) groups is 2. The fourth-order valence-electron chi connectivity index (χ4n) is 1.43. The minimum absolute atomic E-state index is 0.0183. The smallest absolute Gasteiger partial charge is 0.375 e. The van der Waals surface area contributed by atoms with Gasteiger partial charge in [-0.15, -0.1) is 0 Å². The van der Waals surface area contributed by atoms with Gasteiger partial charge in [0.1, 0.15) is 11.9 Å². The Labute approximate surface area is 95.3 Å². The molecule has 4 nitrogen and oxygen atoms in total. The molecule has 6 heteroatoms. The molecule has 1 atom stereocenters. The molecule has 0 spiro atoms. The zero-order valence-electron chi connectivity index (χ0n) is 8.00. The van der Waals surface area contributed by atoms with E-state index in [1.807, 2.05) is 0 Å². The van der Waals surface area contributed by atoms with Crippen molar-refractivity contribution >= 4 is 23.7 Å². The highest BCUT2D eigenvalue weighted by molar-refractivity contribution is 6.30. The van der Waals surface area contributed by atoms with E-state index in [1.54, 1.807) is 0 Å². The Morgan fingerprint density at radius 1 is 1.44 bits per heavy atom. The second-order valence-corrected chi connectivity index (χ2v) is 3.77. The van der Waals surface area contributed by atoms with Crippen LogP contribution in [-0.2, 0) is 16.0 Å². The van der Waals surface area contributed by atoms with Gasteiger partial charge in [-0.05, 0) is 17.7 Å². The van der Waals surface area contributed by atoms with E-state index >= 15 is 0 Å². The molecular formula is C10H7ClFNO3. The van der Waals surface area contributed by atoms with Gasteiger partial charge in [0.2, 0.25) is 0 Å². The summed E-state index contributed by atoms with van der Waals surface area (Å²) in [4.78, 5) is 21.9. The lowest BCUT2D eigenvalue weighted by atomic mass is 10.1. The zero-order valence-corrected chi connectivity index (χ0v) is 8.75. The van der Waals surface area contributed by atoms with Crippen molar-refractivity contribution in [2.24, 2.45) is 0 Å². The Hall–Kier alpha value is -1.62. The van der Waals surface area contributed by atoms with Gasteiger partial charge in [0.05, 0.1) is 5.02 Å². The number of hydrogen-bond donors (Lipinski definition) is 1. The summed E-state index contributed by atoms with van der Waals surface area (Å²) in [6, 6.07) is 3.39. The van der Waals surface area contributed by atoms with Crippen LogP contribution in [0.1, 0.15) is 5.56 Å². The third kappa shape index (κ3) is 2.14. The summed E-state index contributed by atoms with van der Waals surface area (Å²) in [6.07, 6.45) is -0.534. The van der Waals surface area contributed by atoms with E-state index < -0.39 is 23.9 Å². The van der Waals surface area contributed by atoms with Crippen LogP contribution in [-0.4, -0.2) is 18.1 Å². The van der Waals surface area contributed by atoms with Crippen molar-refractivity contribution in [3.05, 3.63) is 34.6 Å². The number of alkyl carbamates (subject to hydrolysis) is 1. The second-order valence-electron chi connectivity index (χ2n) is 3.36. The first kappa shape index (κ1) is 10.9. The predicted octanol–water partition coefficient (Wildman–Crippen LogP) is 1.66. The normalized spacial score (nSPS) is 19.5. The summed E-state index contributed by atoms with van der Waals surface area (Å²) >= 11 is 5.59. The summed E-state index contributed by atoms with van der Waals surface area (Å²) < 4.78 is 17.2. The van der Waals surface area contributed by atoms with Crippen molar-refractivity contribution in [3.63, 3.8) is 0 Å². The average Bonchev–Trinajstić information content (AvgIpc) is 2.51. The Bertz CT molecular complexity index is 463. The second kappa shape index (κ2) is 4.09. The van der Waals surface area contributed by atoms with Gasteiger partial charge in [-0.3, -0.25) is 0 Å². The molecule has 1 aliphatic heterocycles. The van der Waals surface area contributed by atoms with E-state index in [0.717, 1.165) is 0 Å². The van der Waals surface area contributed by atoms with Crippen molar-refractivity contribution in [2.75, 3.05) is 0 Å². The SMILES string of the molecule is O=C1NC(Cc2ccc(F)c(Cl)c2)C(=O)O1. The standard InChI is InChI=1S/C10H7ClFNO3/c11-6-3-5(1-2-7(6)12)4-8-9(14)16-10(15)13-8/h1-3,8H,4H2,(H,13,15). The highest BCUT2D eigenvalue weighted by atomic mass is 35.5. The van der Waals surface area contributed by atoms with Gasteiger partial charge < -0.3 is 10.1 Å². The minimum Gasteiger partial charge on any atom is -0.375 e. The molecule has 1 fully saturated rings. The quantitative estimate of drug-likeness (QED) is 0.635. The van der Waals surface area contributed by atoms with E-state index in [1.165, 1.54) is 18.2 Å². The van der Waals surface area contributed by atoms with Gasteiger partial charge in [0.25, 0.3) is 0 Å². The van der Waals surface area contributed by atoms with Gasteiger partial charge in [-0.1, -0.05) is 17.7 Å². The molecule has 1 amide bonds. The third-order valence-electron chi connectivity index (χ3n) is 2.19. The van der Waals surface area contributed by atoms with E-state index in [9.17, 15) is 14.0 Å². The van der Waals surface area contributed by atoms with Crippen molar-refractivity contribution in [2.45, 2.75) is 12.5 Å². The van der Waals surface area contributed by atoms with Crippen molar-refractivity contribution in [3.8, 4) is 0 Å². The molecule has 1 aliphatic rings. The third-order valence-corrected chi connectivity index (χ3v) is 2.48. The molecule has 0 aliphatic carbocycles. The van der Waals surface area contributed by atoms with Crippen LogP contribution in [0.15, 0.2) is 18.2 Å². The van der Waals surface area contributed by atoms with Gasteiger partial charge in [-0.25, -0.2) is 14.0 Å². The lowest BCUT2D eigenvalue weighted by Crippen LogP contribution is -2.30. The maximum atomic E-state index is 12.9. The van der Waals surface area contributed by atoms with Gasteiger partial charge >= 0.3 is 12.1 Å². The molecule has 1 heterocycles. The first-order chi connectivity index (χ1) is 7.56. The molecule has 1 saturated heterocycles. The molecule has 1 unspecified atom stereocenters. The maximum absolute atomic E-state index is 12.9. The van der Waals surface area contributed by atoms with Crippen molar-refractivity contribution in [1.29, 1.82) is 0 Å². The molecule has 0 saturated carbocycles. The van der Waals surface area contributed by atoms with Gasteiger partial charge in [-0.2, -0.15) is 0 Å². The van der Waals surface area contributed by atoms with E-state index in [4.69, 9.17) is 11.6 Å². The number of cyclic esters (lactones) is 2. The number of nitrogens with one attached hydrogen (secondary N) is 1. The lowest BCUT2D eigenvalue weighted by Gasteiger charge is -2.06. The fourth-order valence-corrected chi connectivity index (χ4v) is 1.63. The largest absolute Gasteiger partial charge is 0.415 e. The summed E-state index contributed by atoms with van der Waals surface area (Å²) in [5, 5.41) is 2.32. The number of carbonyl (C=O) groups excluding carboxylic acids is 2. The van der Waals surface area contributed by atoms with Crippen LogP contribution >= 0.6 is 11.6 Å². The summed E-state index contributed by atoms with van der Waals surface area (Å²) in [6.45, 7) is 0. The molecule has 0 bridgehead atoms. The average molecular weight is 244 g/mol. The van der Waals surface area contributed by atoms with Crippen LogP contribution in [0.3, 0.4) is 0 Å². The zero-order chi connectivity index (χ0) is 11.7. The summed E-state index contributed by atoms with van der Waals surface area (Å²) in [7, 11) is 0. The molecular weight excluding hydrogens is 237 g/mol. The van der Waals surface area contributed by atoms with Gasteiger partial charge in [0, 0.05) is 6.42 Å². The number of amides is 1. The first-order valence-electron chi connectivity index (χ1n) is 4.52. The first-order valence-corrected chi connectivity index (χ1v) is 4.90. The van der Waals surface area contributed by atoms with Crippen LogP contribution < -0.4 is 5.32 Å². The van der Waals surface area contributed by atoms with Crippen LogP contribution in [0.4, 0.5) is 9.18 Å². The number of halogens is 2. The maximum Gasteiger partial charge on any atom is 0.415 e. The fraction of sp³-hybridized carbons (Fsp3) is 0.200. The highest BCUT2D eigenvalue weighted by Crippen LogP contribution is 2.18. The number of esters is 1. The van der Waals surface area contributed by atoms with E-state index in [-0.39, 0.29) is 11.4 Å². The number of rotatable bonds is 2. The Balaban J connectivity index is 2.12. The molecule has 16 heavy (non-hydrogen) atoms. The molecule has 84 valence electrons. The lowest BCUT2D eigenvalue weighted by molar-refractivity contribution is -0.135. The van der Waals surface area contributed by atoms with Crippen LogP contribution in [0.25, 0.3) is 0 Å². The van der Waals surface area contributed by atoms with E-state index in [2.05, 4.69) is 10.1 Å². The monoisotopic (exact) mass is 243 g/mol. The molecule has 2 rings (SSSR count). The van der Waals surface area contributed by atoms with Crippen LogP contribution in [0.2, 0.25) is 5.02 Å². The molecule has 0 aromatic heterocycles. The number of hydrogen-bond acceptors (Lipinski definition) is 3. The number of ether oxygens (including phenoxy) is 1. The van der Waals surface area contributed by atoms with Gasteiger partial charge in [0.15, 0.2) is 0 Å². The minimum atomic E-state index is -0.761. The molecule has 1 N–H and O–H groups in total. The number of benzene rings is 1.